The third kappa shape index (κ3) is 4.69. The lowest BCUT2D eigenvalue weighted by molar-refractivity contribution is -0.110. The summed E-state index contributed by atoms with van der Waals surface area (Å²) >= 11 is 0.664. The van der Waals surface area contributed by atoms with Crippen molar-refractivity contribution in [1.82, 2.24) is 14.5 Å². The van der Waals surface area contributed by atoms with Crippen LogP contribution in [0.1, 0.15) is 12.0 Å². The summed E-state index contributed by atoms with van der Waals surface area (Å²) in [5.74, 6) is -0.682. The minimum absolute atomic E-state index is 0.00224. The van der Waals surface area contributed by atoms with Crippen LogP contribution in [-0.4, -0.2) is 53.9 Å². The average molecular weight is 480 g/mol. The molecule has 1 amide bonds. The van der Waals surface area contributed by atoms with E-state index in [9.17, 15) is 17.6 Å². The first-order chi connectivity index (χ1) is 15.3. The predicted molar refractivity (Wildman–Crippen MR) is 113 cm³/mol. The molecule has 0 aliphatic carbocycles. The number of halogens is 1. The van der Waals surface area contributed by atoms with Gasteiger partial charge in [-0.25, -0.2) is 18.4 Å². The summed E-state index contributed by atoms with van der Waals surface area (Å²) < 4.78 is 45.5. The number of carbonyl (C=O) groups excluding carboxylic acids is 1. The minimum Gasteiger partial charge on any atom is -0.389 e. The molecule has 0 saturated carbocycles. The van der Waals surface area contributed by atoms with E-state index in [0.717, 1.165) is 6.20 Å². The highest BCUT2D eigenvalue weighted by Gasteiger charge is 2.24. The molecule has 1 atom stereocenters. The quantitative estimate of drug-likeness (QED) is 0.406. The molecule has 0 unspecified atom stereocenters. The Bertz CT molecular complexity index is 1250. The average Bonchev–Trinajstić information content (AvgIpc) is 3.52. The van der Waals surface area contributed by atoms with Gasteiger partial charge in [0.05, 0.1) is 24.3 Å². The second kappa shape index (κ2) is 9.14. The Labute approximate surface area is 186 Å². The van der Waals surface area contributed by atoms with E-state index >= 15 is 0 Å². The zero-order chi connectivity index (χ0) is 22.7. The molecule has 1 aliphatic rings. The van der Waals surface area contributed by atoms with E-state index in [4.69, 9.17) is 9.57 Å². The van der Waals surface area contributed by atoms with Gasteiger partial charge in [0.25, 0.3) is 5.91 Å². The Morgan fingerprint density at radius 2 is 2.12 bits per heavy atom. The molecule has 1 saturated heterocycles. The Balaban J connectivity index is 1.62. The number of aromatic nitrogens is 3. The molecule has 0 spiro atoms. The summed E-state index contributed by atoms with van der Waals surface area (Å²) in [5.41, 5.74) is 0.186. The fourth-order valence-electron chi connectivity index (χ4n) is 2.93. The zero-order valence-electron chi connectivity index (χ0n) is 16.8. The fraction of sp³-hybridized carbons (Fsp3) is 0.263. The third-order valence-electron chi connectivity index (χ3n) is 4.55. The minimum atomic E-state index is -3.85. The van der Waals surface area contributed by atoms with Gasteiger partial charge in [-0.05, 0) is 12.1 Å². The molecule has 32 heavy (non-hydrogen) atoms. The van der Waals surface area contributed by atoms with Gasteiger partial charge >= 0.3 is 0 Å². The maximum Gasteiger partial charge on any atom is 0.280 e. The van der Waals surface area contributed by atoms with Crippen molar-refractivity contribution in [3.8, 4) is 0 Å². The lowest BCUT2D eigenvalue weighted by Crippen LogP contribution is -2.25. The molecule has 4 rings (SSSR count). The van der Waals surface area contributed by atoms with E-state index in [0.29, 0.717) is 36.5 Å². The molecule has 168 valence electrons. The molecule has 3 aromatic rings. The van der Waals surface area contributed by atoms with E-state index in [1.165, 1.54) is 41.2 Å². The number of sulfone groups is 1. The van der Waals surface area contributed by atoms with Crippen LogP contribution in [0.4, 0.5) is 9.52 Å². The summed E-state index contributed by atoms with van der Waals surface area (Å²) in [6.07, 6.45) is 4.22. The highest BCUT2D eigenvalue weighted by Crippen LogP contribution is 2.21. The van der Waals surface area contributed by atoms with Crippen molar-refractivity contribution in [2.75, 3.05) is 18.5 Å². The number of hydrogen-bond donors (Lipinski definition) is 1. The van der Waals surface area contributed by atoms with E-state index in [1.807, 2.05) is 0 Å². The van der Waals surface area contributed by atoms with Gasteiger partial charge in [-0.2, -0.15) is 4.39 Å². The Morgan fingerprint density at radius 1 is 1.34 bits per heavy atom. The molecule has 10 nitrogen and oxygen atoms in total. The van der Waals surface area contributed by atoms with Gasteiger partial charge in [-0.15, -0.1) is 0 Å². The molecule has 1 aromatic carbocycles. The number of rotatable bonds is 7. The first kappa shape index (κ1) is 22.0. The zero-order valence-corrected chi connectivity index (χ0v) is 18.4. The van der Waals surface area contributed by atoms with Gasteiger partial charge in [0, 0.05) is 31.4 Å². The highest BCUT2D eigenvalue weighted by atomic mass is 32.2. The first-order valence-corrected chi connectivity index (χ1v) is 11.7. The molecule has 0 radical (unpaired) electrons. The number of nitrogens with zero attached hydrogens (tertiary/aromatic N) is 4. The number of anilines is 1. The van der Waals surface area contributed by atoms with E-state index in [-0.39, 0.29) is 27.0 Å². The van der Waals surface area contributed by atoms with Crippen LogP contribution in [0.25, 0.3) is 0 Å². The largest absolute Gasteiger partial charge is 0.389 e. The van der Waals surface area contributed by atoms with Gasteiger partial charge in [-0.3, -0.25) is 10.1 Å². The maximum absolute atomic E-state index is 13.2. The van der Waals surface area contributed by atoms with Crippen LogP contribution in [0, 0.1) is 5.13 Å². The second-order valence-corrected chi connectivity index (χ2v) is 9.63. The lowest BCUT2D eigenvalue weighted by Gasteiger charge is -2.10. The normalized spacial score (nSPS) is 16.8. The van der Waals surface area contributed by atoms with Crippen molar-refractivity contribution in [1.29, 1.82) is 0 Å². The van der Waals surface area contributed by atoms with E-state index in [1.54, 1.807) is 7.05 Å². The Hall–Kier alpha value is -3.16. The molecule has 0 bridgehead atoms. The third-order valence-corrected chi connectivity index (χ3v) is 7.02. The number of ether oxygens (including phenoxy) is 1. The van der Waals surface area contributed by atoms with Crippen LogP contribution < -0.4 is 5.32 Å². The summed E-state index contributed by atoms with van der Waals surface area (Å²) in [4.78, 5) is 25.9. The molecule has 1 aliphatic heterocycles. The van der Waals surface area contributed by atoms with E-state index < -0.39 is 20.9 Å². The van der Waals surface area contributed by atoms with Crippen molar-refractivity contribution in [3.05, 3.63) is 53.6 Å². The van der Waals surface area contributed by atoms with Crippen LogP contribution in [0.3, 0.4) is 0 Å². The number of oxime groups is 1. The number of aryl methyl sites for hydroxylation is 1. The summed E-state index contributed by atoms with van der Waals surface area (Å²) in [5, 5.41) is 5.84. The van der Waals surface area contributed by atoms with Crippen molar-refractivity contribution in [2.45, 2.75) is 22.6 Å². The topological polar surface area (TPSA) is 125 Å². The number of imidazole rings is 1. The monoisotopic (exact) mass is 479 g/mol. The van der Waals surface area contributed by atoms with Gasteiger partial charge in [0.2, 0.25) is 15.0 Å². The van der Waals surface area contributed by atoms with Crippen molar-refractivity contribution < 1.29 is 27.2 Å². The first-order valence-electron chi connectivity index (χ1n) is 9.41. The number of thiazole rings is 1. The predicted octanol–water partition coefficient (Wildman–Crippen LogP) is 2.00. The van der Waals surface area contributed by atoms with Crippen LogP contribution in [0.5, 0.6) is 0 Å². The number of benzene rings is 1. The number of amides is 1. The lowest BCUT2D eigenvalue weighted by atomic mass is 10.1. The van der Waals surface area contributed by atoms with Crippen LogP contribution in [0.2, 0.25) is 0 Å². The molecule has 2 aromatic heterocycles. The Morgan fingerprint density at radius 3 is 2.72 bits per heavy atom. The second-order valence-electron chi connectivity index (χ2n) is 6.80. The van der Waals surface area contributed by atoms with Gasteiger partial charge < -0.3 is 14.1 Å². The fourth-order valence-corrected chi connectivity index (χ4v) is 4.81. The highest BCUT2D eigenvalue weighted by molar-refractivity contribution is 7.91. The Kier molecular flexibility index (Phi) is 6.30. The van der Waals surface area contributed by atoms with Crippen LogP contribution in [-0.2, 0) is 31.3 Å². The van der Waals surface area contributed by atoms with Gasteiger partial charge in [0.15, 0.2) is 22.1 Å². The summed E-state index contributed by atoms with van der Waals surface area (Å²) in [6.45, 7) is 0.872. The summed E-state index contributed by atoms with van der Waals surface area (Å²) in [7, 11) is -2.27. The van der Waals surface area contributed by atoms with Crippen molar-refractivity contribution in [2.24, 2.45) is 12.2 Å². The number of hydrogen-bond acceptors (Lipinski definition) is 9. The van der Waals surface area contributed by atoms with Gasteiger partial charge in [-0.1, -0.05) is 28.6 Å². The molecular weight excluding hydrogens is 461 g/mol. The standard InChI is InChI=1S/C19H18FN5O5S2/c1-25-8-7-21-19(25)32(27,28)14-4-2-12(3-5-14)16(24-30-13-6-9-29-11-13)17(26)23-18-22-10-15(20)31-18/h2-5,7-8,10,13H,6,9,11H2,1H3,(H,22,23,26)/b24-16+/t13-/m1/s1. The smallest absolute Gasteiger partial charge is 0.280 e. The molecule has 1 fully saturated rings. The summed E-state index contributed by atoms with van der Waals surface area (Å²) in [6, 6.07) is 5.57. The van der Waals surface area contributed by atoms with Crippen LogP contribution >= 0.6 is 11.3 Å². The molecule has 13 heteroatoms. The molecule has 1 N–H and O–H groups in total. The van der Waals surface area contributed by atoms with Crippen molar-refractivity contribution in [3.63, 3.8) is 0 Å². The SMILES string of the molecule is Cn1ccnc1S(=O)(=O)c1ccc(/C(=N\O[C@@H]2CCOC2)C(=O)Nc2ncc(F)s2)cc1. The molecule has 3 heterocycles. The van der Waals surface area contributed by atoms with Crippen molar-refractivity contribution >= 4 is 37.9 Å². The van der Waals surface area contributed by atoms with Gasteiger partial charge in [0.1, 0.15) is 0 Å². The van der Waals surface area contributed by atoms with Crippen LogP contribution in [0.15, 0.2) is 58.1 Å². The van der Waals surface area contributed by atoms with E-state index in [2.05, 4.69) is 20.4 Å². The number of nitrogens with one attached hydrogen (secondary N) is 1. The maximum atomic E-state index is 13.2. The number of carbonyl (C=O) groups is 1. The molecular formula is C19H18FN5O5S2.